The molecule has 1 aliphatic rings. The third-order valence-corrected chi connectivity index (χ3v) is 6.68. The number of halogens is 1. The molecular weight excluding hydrogens is 492 g/mol. The number of nitrogens with one attached hydrogen (secondary N) is 1. The molecule has 0 fully saturated rings. The zero-order valence-corrected chi connectivity index (χ0v) is 21.2. The molecule has 0 saturated carbocycles. The molecule has 0 atom stereocenters. The van der Waals surface area contributed by atoms with Gasteiger partial charge in [0.05, 0.1) is 24.8 Å². The van der Waals surface area contributed by atoms with Crippen LogP contribution < -0.4 is 14.8 Å². The van der Waals surface area contributed by atoms with E-state index in [4.69, 9.17) is 25.5 Å². The van der Waals surface area contributed by atoms with Gasteiger partial charge in [0.25, 0.3) is 11.8 Å². The molecule has 1 aromatic heterocycles. The number of rotatable bonds is 6. The molecule has 7 nitrogen and oxygen atoms in total. The minimum Gasteiger partial charge on any atom is -0.493 e. The summed E-state index contributed by atoms with van der Waals surface area (Å²) < 4.78 is 16.8. The van der Waals surface area contributed by atoms with E-state index >= 15 is 0 Å². The lowest BCUT2D eigenvalue weighted by atomic mass is 9.98. The van der Waals surface area contributed by atoms with Crippen molar-refractivity contribution in [2.75, 3.05) is 26.1 Å². The highest BCUT2D eigenvalue weighted by Crippen LogP contribution is 2.34. The number of carbonyl (C=O) groups is 2. The Labute approximate surface area is 219 Å². The van der Waals surface area contributed by atoms with Gasteiger partial charge in [0.15, 0.2) is 17.3 Å². The summed E-state index contributed by atoms with van der Waals surface area (Å²) in [5.74, 6) is 1.61. The maximum Gasteiger partial charge on any atom is 0.289 e. The van der Waals surface area contributed by atoms with Gasteiger partial charge in [0.2, 0.25) is 0 Å². The molecule has 0 spiro atoms. The van der Waals surface area contributed by atoms with Crippen LogP contribution in [0.4, 0.5) is 5.69 Å². The molecule has 0 radical (unpaired) electrons. The third-order valence-electron chi connectivity index (χ3n) is 6.35. The summed E-state index contributed by atoms with van der Waals surface area (Å²) in [6.07, 6.45) is 0.710. The van der Waals surface area contributed by atoms with Crippen LogP contribution in [-0.2, 0) is 13.0 Å². The van der Waals surface area contributed by atoms with Gasteiger partial charge >= 0.3 is 0 Å². The SMILES string of the molecule is COc1cc2c(cc1OC)CN(C(=O)c1ccc(-c3cccc(NC(=O)c4ccccc4Cl)c3)o1)CC2. The van der Waals surface area contributed by atoms with Crippen LogP contribution in [0.3, 0.4) is 0 Å². The Kier molecular flexibility index (Phi) is 6.88. The van der Waals surface area contributed by atoms with E-state index in [9.17, 15) is 9.59 Å². The highest BCUT2D eigenvalue weighted by molar-refractivity contribution is 6.34. The van der Waals surface area contributed by atoms with Crippen LogP contribution in [-0.4, -0.2) is 37.5 Å². The van der Waals surface area contributed by atoms with E-state index in [0.717, 1.165) is 16.7 Å². The number of fused-ring (bicyclic) bond motifs is 1. The summed E-state index contributed by atoms with van der Waals surface area (Å²) in [5, 5.41) is 3.24. The van der Waals surface area contributed by atoms with Gasteiger partial charge in [-0.3, -0.25) is 9.59 Å². The first-order valence-electron chi connectivity index (χ1n) is 11.8. The maximum atomic E-state index is 13.2. The Morgan fingerprint density at radius 1 is 0.919 bits per heavy atom. The van der Waals surface area contributed by atoms with Gasteiger partial charge in [0.1, 0.15) is 5.76 Å². The average Bonchev–Trinajstić information content (AvgIpc) is 3.42. The molecule has 1 aliphatic heterocycles. The fraction of sp³-hybridized carbons (Fsp3) is 0.172. The topological polar surface area (TPSA) is 81.0 Å². The minimum absolute atomic E-state index is 0.185. The molecule has 1 N–H and O–H groups in total. The van der Waals surface area contributed by atoms with Crippen LogP contribution in [0, 0.1) is 0 Å². The number of nitrogens with zero attached hydrogens (tertiary/aromatic N) is 1. The first kappa shape index (κ1) is 24.5. The molecule has 37 heavy (non-hydrogen) atoms. The van der Waals surface area contributed by atoms with Gasteiger partial charge in [0, 0.05) is 24.3 Å². The number of furan rings is 1. The Bertz CT molecular complexity index is 1480. The summed E-state index contributed by atoms with van der Waals surface area (Å²) in [6.45, 7) is 1.02. The molecule has 188 valence electrons. The summed E-state index contributed by atoms with van der Waals surface area (Å²) in [4.78, 5) is 27.6. The van der Waals surface area contributed by atoms with E-state index in [2.05, 4.69) is 5.32 Å². The fourth-order valence-corrected chi connectivity index (χ4v) is 4.64. The van der Waals surface area contributed by atoms with Gasteiger partial charge < -0.3 is 24.1 Å². The minimum atomic E-state index is -0.308. The van der Waals surface area contributed by atoms with Crippen molar-refractivity contribution in [3.8, 4) is 22.8 Å². The van der Waals surface area contributed by atoms with E-state index in [1.54, 1.807) is 67.7 Å². The summed E-state index contributed by atoms with van der Waals surface area (Å²) in [5.41, 5.74) is 3.86. The number of ether oxygens (including phenoxy) is 2. The van der Waals surface area contributed by atoms with Crippen molar-refractivity contribution in [3.63, 3.8) is 0 Å². The largest absolute Gasteiger partial charge is 0.493 e. The summed E-state index contributed by atoms with van der Waals surface area (Å²) >= 11 is 6.14. The van der Waals surface area contributed by atoms with E-state index in [1.165, 1.54) is 0 Å². The Balaban J connectivity index is 1.31. The second-order valence-corrected chi connectivity index (χ2v) is 9.04. The zero-order valence-electron chi connectivity index (χ0n) is 20.4. The fourth-order valence-electron chi connectivity index (χ4n) is 4.41. The standard InChI is InChI=1S/C29H25ClN2O5/c1-35-26-15-18-12-13-32(17-20(18)16-27(26)36-2)29(34)25-11-10-24(37-25)19-6-5-7-21(14-19)31-28(33)22-8-3-4-9-23(22)30/h3-11,14-16H,12-13,17H2,1-2H3,(H,31,33). The van der Waals surface area contributed by atoms with Crippen molar-refractivity contribution >= 4 is 29.1 Å². The highest BCUT2D eigenvalue weighted by Gasteiger charge is 2.26. The van der Waals surface area contributed by atoms with Crippen LogP contribution in [0.1, 0.15) is 32.0 Å². The highest BCUT2D eigenvalue weighted by atomic mass is 35.5. The monoisotopic (exact) mass is 516 g/mol. The van der Waals surface area contributed by atoms with Gasteiger partial charge in [-0.05, 0) is 66.1 Å². The lowest BCUT2D eigenvalue weighted by Gasteiger charge is -2.29. The molecular formula is C29H25ClN2O5. The Hall–Kier alpha value is -4.23. The first-order valence-corrected chi connectivity index (χ1v) is 12.1. The molecule has 0 saturated heterocycles. The van der Waals surface area contributed by atoms with E-state index in [0.29, 0.717) is 53.0 Å². The smallest absolute Gasteiger partial charge is 0.289 e. The number of anilines is 1. The van der Waals surface area contributed by atoms with Gasteiger partial charge in [-0.2, -0.15) is 0 Å². The molecule has 2 amide bonds. The number of benzene rings is 3. The molecule has 0 unspecified atom stereocenters. The van der Waals surface area contributed by atoms with Crippen molar-refractivity contribution in [3.05, 3.63) is 100 Å². The molecule has 0 aliphatic carbocycles. The van der Waals surface area contributed by atoms with E-state index < -0.39 is 0 Å². The molecule has 3 aromatic carbocycles. The maximum absolute atomic E-state index is 13.2. The van der Waals surface area contributed by atoms with Gasteiger partial charge in [-0.25, -0.2) is 0 Å². The zero-order chi connectivity index (χ0) is 25.9. The van der Waals surface area contributed by atoms with Crippen LogP contribution >= 0.6 is 11.6 Å². The average molecular weight is 517 g/mol. The normalized spacial score (nSPS) is 12.6. The van der Waals surface area contributed by atoms with Crippen LogP contribution in [0.15, 0.2) is 77.2 Å². The Morgan fingerprint density at radius 2 is 1.68 bits per heavy atom. The third kappa shape index (κ3) is 5.04. The van der Waals surface area contributed by atoms with E-state index in [-0.39, 0.29) is 17.6 Å². The predicted molar refractivity (Wildman–Crippen MR) is 142 cm³/mol. The quantitative estimate of drug-likeness (QED) is 0.336. The molecule has 4 aromatic rings. The van der Waals surface area contributed by atoms with Crippen LogP contribution in [0.5, 0.6) is 11.5 Å². The molecule has 2 heterocycles. The Morgan fingerprint density at radius 3 is 2.43 bits per heavy atom. The van der Waals surface area contributed by atoms with Crippen molar-refractivity contribution in [2.24, 2.45) is 0 Å². The molecule has 0 bridgehead atoms. The molecule has 5 rings (SSSR count). The number of carbonyl (C=O) groups excluding carboxylic acids is 2. The second kappa shape index (κ2) is 10.4. The first-order chi connectivity index (χ1) is 18.0. The van der Waals surface area contributed by atoms with Crippen molar-refractivity contribution in [1.29, 1.82) is 0 Å². The second-order valence-electron chi connectivity index (χ2n) is 8.63. The van der Waals surface area contributed by atoms with Crippen LogP contribution in [0.2, 0.25) is 5.02 Å². The molecule has 8 heteroatoms. The lowest BCUT2D eigenvalue weighted by molar-refractivity contribution is 0.0703. The number of methoxy groups -OCH3 is 2. The lowest BCUT2D eigenvalue weighted by Crippen LogP contribution is -2.35. The number of amides is 2. The van der Waals surface area contributed by atoms with Crippen LogP contribution in [0.25, 0.3) is 11.3 Å². The number of hydrogen-bond acceptors (Lipinski definition) is 5. The van der Waals surface area contributed by atoms with Crippen molar-refractivity contribution in [1.82, 2.24) is 4.90 Å². The van der Waals surface area contributed by atoms with Crippen molar-refractivity contribution < 1.29 is 23.5 Å². The summed E-state index contributed by atoms with van der Waals surface area (Å²) in [7, 11) is 3.21. The summed E-state index contributed by atoms with van der Waals surface area (Å²) in [6, 6.07) is 21.4. The predicted octanol–water partition coefficient (Wildman–Crippen LogP) is 6.07. The van der Waals surface area contributed by atoms with E-state index in [1.807, 2.05) is 24.3 Å². The number of hydrogen-bond donors (Lipinski definition) is 1. The van der Waals surface area contributed by atoms with Gasteiger partial charge in [-0.15, -0.1) is 0 Å². The van der Waals surface area contributed by atoms with Crippen molar-refractivity contribution in [2.45, 2.75) is 13.0 Å². The van der Waals surface area contributed by atoms with Gasteiger partial charge in [-0.1, -0.05) is 35.9 Å².